The topological polar surface area (TPSA) is 38.8 Å². The van der Waals surface area contributed by atoms with Crippen molar-refractivity contribution in [2.75, 3.05) is 33.4 Å². The summed E-state index contributed by atoms with van der Waals surface area (Å²) in [4.78, 5) is 14.7. The van der Waals surface area contributed by atoms with E-state index in [-0.39, 0.29) is 12.0 Å². The second-order valence-electron chi connectivity index (χ2n) is 6.42. The van der Waals surface area contributed by atoms with Gasteiger partial charge in [0.1, 0.15) is 0 Å². The first-order valence-corrected chi connectivity index (χ1v) is 8.75. The number of nitrogens with zero attached hydrogens (tertiary/aromatic N) is 1. The first kappa shape index (κ1) is 17.6. The molecule has 0 bridgehead atoms. The second-order valence-corrected chi connectivity index (χ2v) is 6.42. The summed E-state index contributed by atoms with van der Waals surface area (Å²) in [5, 5.41) is 0. The van der Waals surface area contributed by atoms with Crippen LogP contribution >= 0.6 is 0 Å². The largest absolute Gasteiger partial charge is 0.385 e. The SMILES string of the molecule is COCCC1CN(C(=O)c2ccc(-c3ccccc3C)cc2)CCO1. The van der Waals surface area contributed by atoms with Gasteiger partial charge in [0.25, 0.3) is 5.91 Å². The van der Waals surface area contributed by atoms with Gasteiger partial charge in [-0.15, -0.1) is 0 Å². The number of rotatable bonds is 5. The number of amides is 1. The summed E-state index contributed by atoms with van der Waals surface area (Å²) in [5.41, 5.74) is 4.29. The van der Waals surface area contributed by atoms with Crippen LogP contribution in [0.1, 0.15) is 22.3 Å². The van der Waals surface area contributed by atoms with E-state index in [4.69, 9.17) is 9.47 Å². The number of hydrogen-bond donors (Lipinski definition) is 0. The highest BCUT2D eigenvalue weighted by Crippen LogP contribution is 2.24. The monoisotopic (exact) mass is 339 g/mol. The fourth-order valence-corrected chi connectivity index (χ4v) is 3.20. The van der Waals surface area contributed by atoms with Crippen molar-refractivity contribution >= 4 is 5.91 Å². The highest BCUT2D eigenvalue weighted by molar-refractivity contribution is 5.94. The third kappa shape index (κ3) is 4.27. The molecule has 0 spiro atoms. The van der Waals surface area contributed by atoms with Gasteiger partial charge in [-0.1, -0.05) is 36.4 Å². The molecule has 4 nitrogen and oxygen atoms in total. The van der Waals surface area contributed by atoms with E-state index in [0.717, 1.165) is 17.5 Å². The van der Waals surface area contributed by atoms with Gasteiger partial charge in [0.2, 0.25) is 0 Å². The molecule has 0 aromatic heterocycles. The van der Waals surface area contributed by atoms with E-state index >= 15 is 0 Å². The van der Waals surface area contributed by atoms with Crippen LogP contribution in [0.4, 0.5) is 0 Å². The van der Waals surface area contributed by atoms with Gasteiger partial charge in [-0.25, -0.2) is 0 Å². The Kier molecular flexibility index (Phi) is 5.84. The van der Waals surface area contributed by atoms with E-state index < -0.39 is 0 Å². The van der Waals surface area contributed by atoms with Gasteiger partial charge in [0, 0.05) is 32.4 Å². The molecule has 1 fully saturated rings. The first-order valence-electron chi connectivity index (χ1n) is 8.75. The van der Waals surface area contributed by atoms with Crippen molar-refractivity contribution in [2.24, 2.45) is 0 Å². The molecule has 1 aliphatic rings. The number of benzene rings is 2. The maximum atomic E-state index is 12.8. The number of carbonyl (C=O) groups is 1. The summed E-state index contributed by atoms with van der Waals surface area (Å²) < 4.78 is 10.8. The number of carbonyl (C=O) groups excluding carboxylic acids is 1. The number of hydrogen-bond acceptors (Lipinski definition) is 3. The van der Waals surface area contributed by atoms with Crippen LogP contribution in [0, 0.1) is 6.92 Å². The third-order valence-electron chi connectivity index (χ3n) is 4.66. The molecule has 1 saturated heterocycles. The van der Waals surface area contributed by atoms with Crippen molar-refractivity contribution in [1.29, 1.82) is 0 Å². The van der Waals surface area contributed by atoms with Crippen molar-refractivity contribution in [3.8, 4) is 11.1 Å². The number of methoxy groups -OCH3 is 1. The van der Waals surface area contributed by atoms with Crippen molar-refractivity contribution in [1.82, 2.24) is 4.90 Å². The minimum Gasteiger partial charge on any atom is -0.385 e. The molecular weight excluding hydrogens is 314 g/mol. The Morgan fingerprint density at radius 3 is 2.68 bits per heavy atom. The summed E-state index contributed by atoms with van der Waals surface area (Å²) in [6.45, 7) is 4.60. The van der Waals surface area contributed by atoms with Gasteiger partial charge in [-0.3, -0.25) is 4.79 Å². The quantitative estimate of drug-likeness (QED) is 0.836. The lowest BCUT2D eigenvalue weighted by atomic mass is 9.99. The highest BCUT2D eigenvalue weighted by atomic mass is 16.5. The van der Waals surface area contributed by atoms with Crippen molar-refractivity contribution in [3.63, 3.8) is 0 Å². The van der Waals surface area contributed by atoms with E-state index in [0.29, 0.717) is 26.3 Å². The molecule has 1 unspecified atom stereocenters. The number of ether oxygens (including phenoxy) is 2. The Morgan fingerprint density at radius 1 is 1.20 bits per heavy atom. The summed E-state index contributed by atoms with van der Waals surface area (Å²) in [7, 11) is 1.68. The zero-order valence-electron chi connectivity index (χ0n) is 14.9. The Hall–Kier alpha value is -2.17. The molecule has 0 aliphatic carbocycles. The Bertz CT molecular complexity index is 711. The predicted octanol–water partition coefficient (Wildman–Crippen LogP) is 3.54. The zero-order chi connectivity index (χ0) is 17.6. The van der Waals surface area contributed by atoms with Gasteiger partial charge in [0.05, 0.1) is 12.7 Å². The van der Waals surface area contributed by atoms with Gasteiger partial charge in [-0.2, -0.15) is 0 Å². The molecule has 0 radical (unpaired) electrons. The molecule has 1 atom stereocenters. The van der Waals surface area contributed by atoms with Crippen LogP contribution in [0.5, 0.6) is 0 Å². The fraction of sp³-hybridized carbons (Fsp3) is 0.381. The van der Waals surface area contributed by atoms with Crippen LogP contribution in [-0.2, 0) is 9.47 Å². The van der Waals surface area contributed by atoms with Crippen molar-refractivity contribution in [2.45, 2.75) is 19.4 Å². The Labute approximate surface area is 149 Å². The second kappa shape index (κ2) is 8.28. The summed E-state index contributed by atoms with van der Waals surface area (Å²) >= 11 is 0. The highest BCUT2D eigenvalue weighted by Gasteiger charge is 2.24. The van der Waals surface area contributed by atoms with Gasteiger partial charge < -0.3 is 14.4 Å². The van der Waals surface area contributed by atoms with E-state index in [9.17, 15) is 4.79 Å². The molecule has 0 N–H and O–H groups in total. The molecule has 1 aliphatic heterocycles. The molecule has 1 amide bonds. The van der Waals surface area contributed by atoms with Gasteiger partial charge in [0.15, 0.2) is 0 Å². The van der Waals surface area contributed by atoms with Gasteiger partial charge in [-0.05, 0) is 42.2 Å². The minimum atomic E-state index is 0.0592. The Morgan fingerprint density at radius 2 is 1.96 bits per heavy atom. The summed E-state index contributed by atoms with van der Waals surface area (Å²) in [6.07, 6.45) is 0.871. The maximum absolute atomic E-state index is 12.8. The molecule has 25 heavy (non-hydrogen) atoms. The van der Waals surface area contributed by atoms with Crippen LogP contribution in [0.2, 0.25) is 0 Å². The molecule has 0 saturated carbocycles. The fourth-order valence-electron chi connectivity index (χ4n) is 3.20. The molecule has 2 aromatic rings. The van der Waals surface area contributed by atoms with Crippen molar-refractivity contribution < 1.29 is 14.3 Å². The van der Waals surface area contributed by atoms with Gasteiger partial charge >= 0.3 is 0 Å². The molecule has 3 rings (SSSR count). The average Bonchev–Trinajstić information content (AvgIpc) is 2.66. The molecule has 1 heterocycles. The van der Waals surface area contributed by atoms with E-state index in [2.05, 4.69) is 19.1 Å². The smallest absolute Gasteiger partial charge is 0.254 e. The zero-order valence-corrected chi connectivity index (χ0v) is 14.9. The van der Waals surface area contributed by atoms with Crippen molar-refractivity contribution in [3.05, 3.63) is 59.7 Å². The molecule has 2 aromatic carbocycles. The molecular formula is C21H25NO3. The van der Waals surface area contributed by atoms with E-state index in [1.165, 1.54) is 11.1 Å². The molecule has 132 valence electrons. The normalized spacial score (nSPS) is 17.5. The lowest BCUT2D eigenvalue weighted by Crippen LogP contribution is -2.45. The summed E-state index contributed by atoms with van der Waals surface area (Å²) in [6, 6.07) is 16.2. The number of aryl methyl sites for hydroxylation is 1. The van der Waals surface area contributed by atoms with Crippen LogP contribution in [0.3, 0.4) is 0 Å². The van der Waals surface area contributed by atoms with Crippen LogP contribution in [-0.4, -0.2) is 50.3 Å². The average molecular weight is 339 g/mol. The van der Waals surface area contributed by atoms with Crippen LogP contribution in [0.15, 0.2) is 48.5 Å². The maximum Gasteiger partial charge on any atom is 0.254 e. The number of morpholine rings is 1. The first-order chi connectivity index (χ1) is 12.2. The predicted molar refractivity (Wildman–Crippen MR) is 98.8 cm³/mol. The summed E-state index contributed by atoms with van der Waals surface area (Å²) in [5.74, 6) is 0.0713. The van der Waals surface area contributed by atoms with Crippen LogP contribution < -0.4 is 0 Å². The molecule has 4 heteroatoms. The third-order valence-corrected chi connectivity index (χ3v) is 4.66. The van der Waals surface area contributed by atoms with E-state index in [1.54, 1.807) is 7.11 Å². The van der Waals surface area contributed by atoms with Crippen LogP contribution in [0.25, 0.3) is 11.1 Å². The van der Waals surface area contributed by atoms with E-state index in [1.807, 2.05) is 41.3 Å². The minimum absolute atomic E-state index is 0.0592. The standard InChI is InChI=1S/C21H25NO3/c1-16-5-3-4-6-20(16)17-7-9-18(10-8-17)21(23)22-12-14-25-19(15-22)11-13-24-2/h3-10,19H,11-15H2,1-2H3. The lowest BCUT2D eigenvalue weighted by molar-refractivity contribution is -0.0332. The lowest BCUT2D eigenvalue weighted by Gasteiger charge is -2.33. The Balaban J connectivity index is 1.69.